The van der Waals surface area contributed by atoms with E-state index in [0.717, 1.165) is 64.6 Å². The normalized spacial score (nSPS) is 26.1. The Balaban J connectivity index is 0.00000312. The zero-order chi connectivity index (χ0) is 17.3. The van der Waals surface area contributed by atoms with Crippen LogP contribution in [0.2, 0.25) is 0 Å². The molecule has 0 aromatic heterocycles. The molecule has 0 aliphatic carbocycles. The molecule has 0 bridgehead atoms. The maximum absolute atomic E-state index is 9.35. The molecule has 0 amide bonds. The summed E-state index contributed by atoms with van der Waals surface area (Å²) in [5, 5.41) is 16.2. The van der Waals surface area contributed by atoms with Crippen LogP contribution in [-0.2, 0) is 9.47 Å². The fraction of sp³-hybridized carbons (Fsp3) is 0.941. The van der Waals surface area contributed by atoms with Crippen molar-refractivity contribution in [3.8, 4) is 0 Å². The van der Waals surface area contributed by atoms with Crippen molar-refractivity contribution in [2.24, 2.45) is 10.4 Å². The summed E-state index contributed by atoms with van der Waals surface area (Å²) < 4.78 is 11.3. The molecule has 25 heavy (non-hydrogen) atoms. The zero-order valence-corrected chi connectivity index (χ0v) is 18.7. The number of aliphatic hydroxyl groups excluding tert-OH is 1. The molecule has 2 aliphatic rings. The molecule has 2 saturated heterocycles. The molecule has 0 saturated carbocycles. The lowest BCUT2D eigenvalue weighted by atomic mass is 9.84. The number of guanidine groups is 1. The molecule has 0 radical (unpaired) electrons. The van der Waals surface area contributed by atoms with Crippen molar-refractivity contribution < 1.29 is 14.6 Å². The van der Waals surface area contributed by atoms with Gasteiger partial charge < -0.3 is 25.2 Å². The van der Waals surface area contributed by atoms with Gasteiger partial charge in [0.2, 0.25) is 0 Å². The Hall–Kier alpha value is 0.230. The van der Waals surface area contributed by atoms with Gasteiger partial charge in [-0.1, -0.05) is 0 Å². The van der Waals surface area contributed by atoms with Gasteiger partial charge in [0.15, 0.2) is 5.96 Å². The Labute approximate surface area is 173 Å². The summed E-state index contributed by atoms with van der Waals surface area (Å²) in [4.78, 5) is 4.80. The van der Waals surface area contributed by atoms with Crippen LogP contribution in [0.25, 0.3) is 0 Å². The van der Waals surface area contributed by atoms with Crippen LogP contribution in [0.1, 0.15) is 32.6 Å². The van der Waals surface area contributed by atoms with Gasteiger partial charge in [0.1, 0.15) is 0 Å². The van der Waals surface area contributed by atoms with E-state index in [-0.39, 0.29) is 40.7 Å². The van der Waals surface area contributed by atoms with Crippen LogP contribution < -0.4 is 10.6 Å². The second-order valence-corrected chi connectivity index (χ2v) is 8.10. The topological polar surface area (TPSA) is 75.1 Å². The second-order valence-electron chi connectivity index (χ2n) is 6.82. The van der Waals surface area contributed by atoms with Crippen molar-refractivity contribution in [2.75, 3.05) is 58.9 Å². The SMILES string of the molecule is CCNC(=NCC1(CCO)CCOC1)NCC1(SC)CCOCC1.I. The number of ether oxygens (including phenoxy) is 2. The predicted molar refractivity (Wildman–Crippen MR) is 115 cm³/mol. The summed E-state index contributed by atoms with van der Waals surface area (Å²) in [7, 11) is 0. The minimum atomic E-state index is -0.00697. The standard InChI is InChI=1S/C17H33N3O3S.HI/c1-3-18-15(19-12-16(4-8-21)5-9-23-14-16)20-13-17(24-2)6-10-22-11-7-17;/h21H,3-14H2,1-2H3,(H2,18,19,20);1H. The van der Waals surface area contributed by atoms with Gasteiger partial charge in [-0.3, -0.25) is 4.99 Å². The van der Waals surface area contributed by atoms with Gasteiger partial charge in [0.25, 0.3) is 0 Å². The highest BCUT2D eigenvalue weighted by atomic mass is 127. The molecule has 1 unspecified atom stereocenters. The lowest BCUT2D eigenvalue weighted by Crippen LogP contribution is -2.48. The van der Waals surface area contributed by atoms with E-state index in [1.54, 1.807) is 0 Å². The van der Waals surface area contributed by atoms with Crippen molar-refractivity contribution in [2.45, 2.75) is 37.4 Å². The van der Waals surface area contributed by atoms with E-state index in [4.69, 9.17) is 14.5 Å². The molecule has 1 atom stereocenters. The number of rotatable bonds is 8. The van der Waals surface area contributed by atoms with Crippen LogP contribution >= 0.6 is 35.7 Å². The van der Waals surface area contributed by atoms with E-state index in [1.807, 2.05) is 11.8 Å². The van der Waals surface area contributed by atoms with Crippen molar-refractivity contribution in [3.63, 3.8) is 0 Å². The Bertz CT molecular complexity index is 401. The van der Waals surface area contributed by atoms with Crippen LogP contribution in [0, 0.1) is 5.41 Å². The Morgan fingerprint density at radius 1 is 1.16 bits per heavy atom. The van der Waals surface area contributed by atoms with Crippen LogP contribution in [0.4, 0.5) is 0 Å². The van der Waals surface area contributed by atoms with E-state index in [9.17, 15) is 5.11 Å². The van der Waals surface area contributed by atoms with Gasteiger partial charge in [0, 0.05) is 49.7 Å². The molecule has 148 valence electrons. The third-order valence-corrected chi connectivity index (χ3v) is 6.58. The van der Waals surface area contributed by atoms with Gasteiger partial charge >= 0.3 is 0 Å². The van der Waals surface area contributed by atoms with Crippen LogP contribution in [-0.4, -0.2) is 74.7 Å². The van der Waals surface area contributed by atoms with Crippen molar-refractivity contribution in [1.29, 1.82) is 0 Å². The number of halogens is 1. The molecule has 0 spiro atoms. The smallest absolute Gasteiger partial charge is 0.191 e. The van der Waals surface area contributed by atoms with E-state index >= 15 is 0 Å². The molecule has 3 N–H and O–H groups in total. The number of nitrogens with one attached hydrogen (secondary N) is 2. The molecule has 0 aromatic carbocycles. The third-order valence-electron chi connectivity index (χ3n) is 5.16. The summed E-state index contributed by atoms with van der Waals surface area (Å²) in [5.74, 6) is 0.863. The number of thioether (sulfide) groups is 1. The number of hydrogen-bond acceptors (Lipinski definition) is 5. The van der Waals surface area contributed by atoms with Crippen molar-refractivity contribution >= 4 is 41.7 Å². The first-order valence-electron chi connectivity index (χ1n) is 9.01. The summed E-state index contributed by atoms with van der Waals surface area (Å²) >= 11 is 1.93. The number of aliphatic imine (C=N–C) groups is 1. The first-order valence-corrected chi connectivity index (χ1v) is 10.2. The summed E-state index contributed by atoms with van der Waals surface area (Å²) in [5.41, 5.74) is -0.00697. The highest BCUT2D eigenvalue weighted by Gasteiger charge is 2.35. The highest BCUT2D eigenvalue weighted by Crippen LogP contribution is 2.34. The maximum atomic E-state index is 9.35. The molecule has 0 aromatic rings. The minimum Gasteiger partial charge on any atom is -0.396 e. The lowest BCUT2D eigenvalue weighted by Gasteiger charge is -2.36. The van der Waals surface area contributed by atoms with Crippen molar-refractivity contribution in [3.05, 3.63) is 0 Å². The summed E-state index contributed by atoms with van der Waals surface area (Å²) in [6.45, 7) is 7.85. The van der Waals surface area contributed by atoms with Gasteiger partial charge in [-0.15, -0.1) is 24.0 Å². The summed E-state index contributed by atoms with van der Waals surface area (Å²) in [6, 6.07) is 0. The van der Waals surface area contributed by atoms with Gasteiger partial charge in [-0.25, -0.2) is 0 Å². The Morgan fingerprint density at radius 3 is 2.44 bits per heavy atom. The molecular formula is C17H34IN3O3S. The fourth-order valence-electron chi connectivity index (χ4n) is 3.32. The fourth-order valence-corrected chi connectivity index (χ4v) is 4.11. The lowest BCUT2D eigenvalue weighted by molar-refractivity contribution is 0.0782. The maximum Gasteiger partial charge on any atom is 0.191 e. The first kappa shape index (κ1) is 23.3. The predicted octanol–water partition coefficient (Wildman–Crippen LogP) is 1.86. The van der Waals surface area contributed by atoms with E-state index in [0.29, 0.717) is 13.2 Å². The molecule has 2 heterocycles. The van der Waals surface area contributed by atoms with Crippen LogP contribution in [0.15, 0.2) is 4.99 Å². The zero-order valence-electron chi connectivity index (χ0n) is 15.5. The third kappa shape index (κ3) is 7.04. The monoisotopic (exact) mass is 487 g/mol. The van der Waals surface area contributed by atoms with Crippen LogP contribution in [0.3, 0.4) is 0 Å². The van der Waals surface area contributed by atoms with Gasteiger partial charge in [0.05, 0.1) is 13.2 Å². The van der Waals surface area contributed by atoms with Gasteiger partial charge in [-0.05, 0) is 38.9 Å². The number of nitrogens with zero attached hydrogens (tertiary/aromatic N) is 1. The van der Waals surface area contributed by atoms with Gasteiger partial charge in [-0.2, -0.15) is 11.8 Å². The summed E-state index contributed by atoms with van der Waals surface area (Å²) in [6.07, 6.45) is 6.06. The molecular weight excluding hydrogens is 453 g/mol. The van der Waals surface area contributed by atoms with E-state index in [1.165, 1.54) is 0 Å². The molecule has 2 aliphatic heterocycles. The Kier molecular flexibility index (Phi) is 11.0. The van der Waals surface area contributed by atoms with Crippen molar-refractivity contribution in [1.82, 2.24) is 10.6 Å². The largest absolute Gasteiger partial charge is 0.396 e. The molecule has 2 fully saturated rings. The molecule has 6 nitrogen and oxygen atoms in total. The number of aliphatic hydroxyl groups is 1. The quantitative estimate of drug-likeness (QED) is 0.276. The highest BCUT2D eigenvalue weighted by molar-refractivity contribution is 14.0. The minimum absolute atomic E-state index is 0. The van der Waals surface area contributed by atoms with Crippen LogP contribution in [0.5, 0.6) is 0 Å². The average molecular weight is 487 g/mol. The molecule has 8 heteroatoms. The second kappa shape index (κ2) is 11.8. The van der Waals surface area contributed by atoms with E-state index < -0.39 is 0 Å². The first-order chi connectivity index (χ1) is 11.7. The van der Waals surface area contributed by atoms with E-state index in [2.05, 4.69) is 23.8 Å². The average Bonchev–Trinajstić information content (AvgIpc) is 3.07. The molecule has 2 rings (SSSR count). The number of hydrogen-bond donors (Lipinski definition) is 3. The Morgan fingerprint density at radius 2 is 1.88 bits per heavy atom.